The summed E-state index contributed by atoms with van der Waals surface area (Å²) < 4.78 is 28.0. The molecule has 0 heterocycles. The van der Waals surface area contributed by atoms with Crippen LogP contribution in [0.25, 0.3) is 0 Å². The van der Waals surface area contributed by atoms with Crippen LogP contribution in [0.5, 0.6) is 0 Å². The van der Waals surface area contributed by atoms with Gasteiger partial charge in [-0.05, 0) is 47.7 Å². The number of carbonyl (C=O) groups is 2. The molecular weight excluding hydrogens is 590 g/mol. The fourth-order valence-corrected chi connectivity index (χ4v) is 5.75. The molecule has 7 nitrogen and oxygen atoms in total. The number of hydrogen-bond donors (Lipinski definition) is 1. The molecule has 3 aromatic carbocycles. The van der Waals surface area contributed by atoms with E-state index in [1.807, 2.05) is 68.4 Å². The van der Waals surface area contributed by atoms with Gasteiger partial charge in [0.05, 0.1) is 4.90 Å². The molecule has 0 saturated heterocycles. The molecule has 0 aliphatic carbocycles. The van der Waals surface area contributed by atoms with Crippen molar-refractivity contribution >= 4 is 37.8 Å². The van der Waals surface area contributed by atoms with Crippen LogP contribution in [0.4, 0.5) is 0 Å². The second-order valence-electron chi connectivity index (χ2n) is 10.2. The molecule has 3 aromatic rings. The number of benzene rings is 3. The summed E-state index contributed by atoms with van der Waals surface area (Å²) in [5.41, 5.74) is 1.85. The Balaban J connectivity index is 1.81. The molecule has 0 spiro atoms. The van der Waals surface area contributed by atoms with Crippen molar-refractivity contribution in [3.63, 3.8) is 0 Å². The molecule has 0 fully saturated rings. The molecule has 40 heavy (non-hydrogen) atoms. The number of rotatable bonds is 14. The summed E-state index contributed by atoms with van der Waals surface area (Å²) in [6.07, 6.45) is 0.799. The standard InChI is InChI=1S/C31H38BrN3O4S/c1-24(2)22-33-31(37)29(21-25-11-6-4-7-12-25)35(23-26-16-18-27(32)19-17-26)30(36)15-10-20-34(3)40(38,39)28-13-8-5-9-14-28/h4-9,11-14,16-19,24,29H,10,15,20-23H2,1-3H3,(H,33,37)/t29-/m1/s1. The van der Waals surface area contributed by atoms with Gasteiger partial charge in [0.15, 0.2) is 0 Å². The number of amides is 2. The number of nitrogens with one attached hydrogen (secondary N) is 1. The first-order chi connectivity index (χ1) is 19.1. The maximum atomic E-state index is 13.8. The Bertz CT molecular complexity index is 1330. The molecule has 0 saturated carbocycles. The van der Waals surface area contributed by atoms with Crippen LogP contribution in [-0.4, -0.2) is 55.6 Å². The van der Waals surface area contributed by atoms with E-state index in [1.54, 1.807) is 35.2 Å². The third-order valence-corrected chi connectivity index (χ3v) is 8.94. The predicted molar refractivity (Wildman–Crippen MR) is 162 cm³/mol. The van der Waals surface area contributed by atoms with Crippen molar-refractivity contribution < 1.29 is 18.0 Å². The Morgan fingerprint density at radius 1 is 0.875 bits per heavy atom. The molecule has 0 aliphatic heterocycles. The van der Waals surface area contributed by atoms with Crippen molar-refractivity contribution in [3.05, 3.63) is 101 Å². The van der Waals surface area contributed by atoms with Gasteiger partial charge >= 0.3 is 0 Å². The zero-order chi connectivity index (χ0) is 29.1. The Hall–Kier alpha value is -3.01. The fourth-order valence-electron chi connectivity index (χ4n) is 4.25. The van der Waals surface area contributed by atoms with Gasteiger partial charge in [-0.3, -0.25) is 9.59 Å². The lowest BCUT2D eigenvalue weighted by atomic mass is 10.0. The van der Waals surface area contributed by atoms with Gasteiger partial charge in [-0.15, -0.1) is 0 Å². The first-order valence-electron chi connectivity index (χ1n) is 13.4. The summed E-state index contributed by atoms with van der Waals surface area (Å²) in [6.45, 7) is 5.00. The molecular formula is C31H38BrN3O4S. The molecule has 0 aromatic heterocycles. The quantitative estimate of drug-likeness (QED) is 0.264. The average molecular weight is 629 g/mol. The van der Waals surface area contributed by atoms with Gasteiger partial charge in [0.1, 0.15) is 6.04 Å². The molecule has 1 N–H and O–H groups in total. The van der Waals surface area contributed by atoms with Crippen LogP contribution in [0.3, 0.4) is 0 Å². The minimum atomic E-state index is -3.66. The predicted octanol–water partition coefficient (Wildman–Crippen LogP) is 5.26. The molecule has 0 bridgehead atoms. The number of nitrogens with zero attached hydrogens (tertiary/aromatic N) is 2. The highest BCUT2D eigenvalue weighted by atomic mass is 79.9. The number of carbonyl (C=O) groups excluding carboxylic acids is 2. The van der Waals surface area contributed by atoms with Gasteiger partial charge in [-0.2, -0.15) is 0 Å². The fraction of sp³-hybridized carbons (Fsp3) is 0.355. The minimum absolute atomic E-state index is 0.105. The van der Waals surface area contributed by atoms with Crippen LogP contribution in [0.1, 0.15) is 37.8 Å². The molecule has 0 unspecified atom stereocenters. The zero-order valence-electron chi connectivity index (χ0n) is 23.3. The highest BCUT2D eigenvalue weighted by molar-refractivity contribution is 9.10. The minimum Gasteiger partial charge on any atom is -0.354 e. The van der Waals surface area contributed by atoms with E-state index in [1.165, 1.54) is 11.4 Å². The second kappa shape index (κ2) is 15.1. The normalized spacial score (nSPS) is 12.3. The summed E-state index contributed by atoms with van der Waals surface area (Å²) in [5, 5.41) is 3.02. The third kappa shape index (κ3) is 9.28. The summed E-state index contributed by atoms with van der Waals surface area (Å²) in [7, 11) is -2.14. The van der Waals surface area contributed by atoms with E-state index in [9.17, 15) is 18.0 Å². The maximum absolute atomic E-state index is 13.8. The Kier molecular flexibility index (Phi) is 11.9. The maximum Gasteiger partial charge on any atom is 0.243 e. The smallest absolute Gasteiger partial charge is 0.243 e. The molecule has 214 valence electrons. The zero-order valence-corrected chi connectivity index (χ0v) is 25.7. The summed E-state index contributed by atoms with van der Waals surface area (Å²) in [5.74, 6) is -0.139. The van der Waals surface area contributed by atoms with Crippen LogP contribution in [-0.2, 0) is 32.6 Å². The lowest BCUT2D eigenvalue weighted by molar-refractivity contribution is -0.141. The first-order valence-corrected chi connectivity index (χ1v) is 15.7. The van der Waals surface area contributed by atoms with Gasteiger partial charge in [-0.25, -0.2) is 12.7 Å². The SMILES string of the molecule is CC(C)CNC(=O)[C@@H](Cc1ccccc1)N(Cc1ccc(Br)cc1)C(=O)CCCN(C)S(=O)(=O)c1ccccc1. The Morgan fingerprint density at radius 3 is 2.08 bits per heavy atom. The van der Waals surface area contributed by atoms with Gasteiger partial charge in [-0.1, -0.05) is 90.4 Å². The van der Waals surface area contributed by atoms with E-state index in [-0.39, 0.29) is 42.1 Å². The van der Waals surface area contributed by atoms with Crippen molar-refractivity contribution in [2.75, 3.05) is 20.1 Å². The average Bonchev–Trinajstić information content (AvgIpc) is 2.95. The lowest BCUT2D eigenvalue weighted by Crippen LogP contribution is -2.51. The first kappa shape index (κ1) is 31.5. The lowest BCUT2D eigenvalue weighted by Gasteiger charge is -2.32. The van der Waals surface area contributed by atoms with Crippen molar-refractivity contribution in [1.29, 1.82) is 0 Å². The number of halogens is 1. The molecule has 2 amide bonds. The van der Waals surface area contributed by atoms with Gasteiger partial charge < -0.3 is 10.2 Å². The molecule has 3 rings (SSSR count). The summed E-state index contributed by atoms with van der Waals surface area (Å²) in [4.78, 5) is 29.1. The highest BCUT2D eigenvalue weighted by Crippen LogP contribution is 2.19. The van der Waals surface area contributed by atoms with Crippen molar-refractivity contribution in [2.24, 2.45) is 5.92 Å². The highest BCUT2D eigenvalue weighted by Gasteiger charge is 2.30. The summed E-state index contributed by atoms with van der Waals surface area (Å²) in [6, 6.07) is 24.9. The largest absolute Gasteiger partial charge is 0.354 e. The molecule has 9 heteroatoms. The number of hydrogen-bond acceptors (Lipinski definition) is 4. The van der Waals surface area contributed by atoms with Crippen molar-refractivity contribution in [1.82, 2.24) is 14.5 Å². The van der Waals surface area contributed by atoms with Gasteiger partial charge in [0.25, 0.3) is 0 Å². The Morgan fingerprint density at radius 2 is 1.48 bits per heavy atom. The van der Waals surface area contributed by atoms with Crippen LogP contribution in [0.2, 0.25) is 0 Å². The van der Waals surface area contributed by atoms with Gasteiger partial charge in [0.2, 0.25) is 21.8 Å². The van der Waals surface area contributed by atoms with Crippen molar-refractivity contribution in [2.45, 2.75) is 50.6 Å². The third-order valence-electron chi connectivity index (χ3n) is 6.54. The summed E-state index contributed by atoms with van der Waals surface area (Å²) >= 11 is 3.45. The Labute approximate surface area is 246 Å². The molecule has 0 aliphatic rings. The topological polar surface area (TPSA) is 86.8 Å². The van der Waals surface area contributed by atoms with E-state index in [4.69, 9.17) is 0 Å². The van der Waals surface area contributed by atoms with Crippen LogP contribution in [0, 0.1) is 5.92 Å². The second-order valence-corrected chi connectivity index (χ2v) is 13.2. The van der Waals surface area contributed by atoms with E-state index in [2.05, 4.69) is 21.2 Å². The van der Waals surface area contributed by atoms with Crippen LogP contribution in [0.15, 0.2) is 94.3 Å². The molecule has 0 radical (unpaired) electrons. The monoisotopic (exact) mass is 627 g/mol. The van der Waals surface area contributed by atoms with E-state index < -0.39 is 16.1 Å². The van der Waals surface area contributed by atoms with Crippen LogP contribution >= 0.6 is 15.9 Å². The number of sulfonamides is 1. The van der Waals surface area contributed by atoms with Crippen molar-refractivity contribution in [3.8, 4) is 0 Å². The van der Waals surface area contributed by atoms with Crippen LogP contribution < -0.4 is 5.32 Å². The van der Waals surface area contributed by atoms with E-state index >= 15 is 0 Å². The van der Waals surface area contributed by atoms with Gasteiger partial charge in [0, 0.05) is 44.0 Å². The van der Waals surface area contributed by atoms with E-state index in [0.717, 1.165) is 15.6 Å². The molecule has 1 atom stereocenters. The van der Waals surface area contributed by atoms with E-state index in [0.29, 0.717) is 19.4 Å².